The van der Waals surface area contributed by atoms with Crippen molar-refractivity contribution in [3.8, 4) is 5.75 Å². The van der Waals surface area contributed by atoms with Crippen molar-refractivity contribution in [2.24, 2.45) is 5.73 Å². The summed E-state index contributed by atoms with van der Waals surface area (Å²) in [4.78, 5) is 1.91. The van der Waals surface area contributed by atoms with Gasteiger partial charge in [0.05, 0.1) is 5.69 Å². The minimum atomic E-state index is 0.225. The summed E-state index contributed by atoms with van der Waals surface area (Å²) in [5.74, 6) is 0.972. The van der Waals surface area contributed by atoms with Crippen molar-refractivity contribution in [2.45, 2.75) is 33.2 Å². The molecule has 0 unspecified atom stereocenters. The Morgan fingerprint density at radius 3 is 2.48 bits per heavy atom. The minimum Gasteiger partial charge on any atom is -0.508 e. The number of hydrogen-bond acceptors (Lipinski definition) is 5. The lowest BCUT2D eigenvalue weighted by atomic mass is 10.0. The monoisotopic (exact) mass is 286 g/mol. The zero-order valence-electron chi connectivity index (χ0n) is 12.8. The Morgan fingerprint density at radius 2 is 1.90 bits per heavy atom. The maximum atomic E-state index is 9.63. The molecular formula is C16H22N4O. The van der Waals surface area contributed by atoms with Gasteiger partial charge in [0, 0.05) is 30.9 Å². The summed E-state index contributed by atoms with van der Waals surface area (Å²) in [6.45, 7) is 4.60. The van der Waals surface area contributed by atoms with Crippen LogP contribution in [0.5, 0.6) is 5.75 Å². The number of rotatable bonds is 5. The van der Waals surface area contributed by atoms with Gasteiger partial charge in [0.2, 0.25) is 0 Å². The molecule has 0 saturated heterocycles. The molecule has 0 aliphatic carbocycles. The highest BCUT2D eigenvalue weighted by atomic mass is 16.3. The second-order valence-corrected chi connectivity index (χ2v) is 4.92. The van der Waals surface area contributed by atoms with E-state index >= 15 is 0 Å². The van der Waals surface area contributed by atoms with Crippen molar-refractivity contribution in [1.29, 1.82) is 0 Å². The molecule has 0 bridgehead atoms. The molecule has 3 N–H and O–H groups in total. The fraction of sp³-hybridized carbons (Fsp3) is 0.375. The standard InChI is InChI=1S/C16H22N4O/c1-4-13-14(10-17)16(19-18-15(13)5-2)20(3)11-7-6-8-12(21)9-11/h6-9,21H,4-5,10,17H2,1-3H3. The van der Waals surface area contributed by atoms with E-state index in [2.05, 4.69) is 24.0 Å². The minimum absolute atomic E-state index is 0.225. The van der Waals surface area contributed by atoms with Gasteiger partial charge in [-0.1, -0.05) is 19.9 Å². The fourth-order valence-corrected chi connectivity index (χ4v) is 2.55. The van der Waals surface area contributed by atoms with Crippen LogP contribution >= 0.6 is 0 Å². The molecule has 1 aromatic heterocycles. The van der Waals surface area contributed by atoms with Crippen molar-refractivity contribution in [3.05, 3.63) is 41.1 Å². The third kappa shape index (κ3) is 2.97. The fourth-order valence-electron chi connectivity index (χ4n) is 2.55. The average Bonchev–Trinajstić information content (AvgIpc) is 2.52. The number of nitrogens with zero attached hydrogens (tertiary/aromatic N) is 3. The second kappa shape index (κ2) is 6.54. The first-order valence-corrected chi connectivity index (χ1v) is 7.22. The average molecular weight is 286 g/mol. The number of benzene rings is 1. The van der Waals surface area contributed by atoms with Gasteiger partial charge < -0.3 is 15.7 Å². The topological polar surface area (TPSA) is 75.3 Å². The van der Waals surface area contributed by atoms with Gasteiger partial charge in [0.15, 0.2) is 5.82 Å². The molecule has 0 aliphatic rings. The molecule has 0 amide bonds. The van der Waals surface area contributed by atoms with Crippen LogP contribution in [0.15, 0.2) is 24.3 Å². The van der Waals surface area contributed by atoms with Crippen LogP contribution in [0.2, 0.25) is 0 Å². The van der Waals surface area contributed by atoms with Gasteiger partial charge >= 0.3 is 0 Å². The van der Waals surface area contributed by atoms with Gasteiger partial charge in [-0.2, -0.15) is 5.10 Å². The third-order valence-electron chi connectivity index (χ3n) is 3.68. The summed E-state index contributed by atoms with van der Waals surface area (Å²) in [7, 11) is 1.91. The number of aromatic hydroxyl groups is 1. The first-order valence-electron chi connectivity index (χ1n) is 7.22. The number of aryl methyl sites for hydroxylation is 1. The molecule has 2 aromatic rings. The van der Waals surface area contributed by atoms with Gasteiger partial charge in [-0.05, 0) is 30.5 Å². The lowest BCUT2D eigenvalue weighted by molar-refractivity contribution is 0.475. The van der Waals surface area contributed by atoms with Crippen molar-refractivity contribution in [1.82, 2.24) is 10.2 Å². The van der Waals surface area contributed by atoms with Gasteiger partial charge in [-0.15, -0.1) is 5.10 Å². The van der Waals surface area contributed by atoms with Gasteiger partial charge in [-0.25, -0.2) is 0 Å². The molecule has 5 nitrogen and oxygen atoms in total. The Morgan fingerprint density at radius 1 is 1.14 bits per heavy atom. The van der Waals surface area contributed by atoms with E-state index in [0.717, 1.165) is 35.6 Å². The zero-order chi connectivity index (χ0) is 15.4. The van der Waals surface area contributed by atoms with Crippen LogP contribution in [0.3, 0.4) is 0 Å². The molecule has 2 rings (SSSR count). The van der Waals surface area contributed by atoms with Crippen LogP contribution in [0.4, 0.5) is 11.5 Å². The molecule has 0 aliphatic heterocycles. The summed E-state index contributed by atoms with van der Waals surface area (Å²) in [5, 5.41) is 18.3. The molecule has 0 atom stereocenters. The molecule has 5 heteroatoms. The number of nitrogens with two attached hydrogens (primary N) is 1. The van der Waals surface area contributed by atoms with E-state index in [1.165, 1.54) is 5.56 Å². The highest BCUT2D eigenvalue weighted by Gasteiger charge is 2.17. The molecule has 21 heavy (non-hydrogen) atoms. The summed E-state index contributed by atoms with van der Waals surface area (Å²) in [6.07, 6.45) is 1.73. The van der Waals surface area contributed by atoms with E-state index in [9.17, 15) is 5.11 Å². The highest BCUT2D eigenvalue weighted by molar-refractivity contribution is 5.64. The molecule has 0 fully saturated rings. The highest BCUT2D eigenvalue weighted by Crippen LogP contribution is 2.29. The summed E-state index contributed by atoms with van der Waals surface area (Å²) in [5.41, 5.74) is 10.0. The van der Waals surface area contributed by atoms with Crippen LogP contribution in [0.25, 0.3) is 0 Å². The van der Waals surface area contributed by atoms with Crippen molar-refractivity contribution < 1.29 is 5.11 Å². The quantitative estimate of drug-likeness (QED) is 0.883. The number of phenols is 1. The molecule has 1 aromatic carbocycles. The van der Waals surface area contributed by atoms with Crippen LogP contribution in [0, 0.1) is 0 Å². The lowest BCUT2D eigenvalue weighted by Gasteiger charge is -2.23. The van der Waals surface area contributed by atoms with E-state index < -0.39 is 0 Å². The molecular weight excluding hydrogens is 264 g/mol. The Kier molecular flexibility index (Phi) is 4.75. The van der Waals surface area contributed by atoms with Crippen LogP contribution in [-0.2, 0) is 19.4 Å². The van der Waals surface area contributed by atoms with Crippen molar-refractivity contribution in [2.75, 3.05) is 11.9 Å². The summed E-state index contributed by atoms with van der Waals surface area (Å²) < 4.78 is 0. The van der Waals surface area contributed by atoms with E-state index in [1.807, 2.05) is 18.0 Å². The van der Waals surface area contributed by atoms with E-state index in [4.69, 9.17) is 5.73 Å². The van der Waals surface area contributed by atoms with Crippen LogP contribution in [0.1, 0.15) is 30.7 Å². The van der Waals surface area contributed by atoms with Gasteiger partial charge in [0.25, 0.3) is 0 Å². The van der Waals surface area contributed by atoms with Gasteiger partial charge in [-0.3, -0.25) is 0 Å². The number of hydrogen-bond donors (Lipinski definition) is 2. The molecule has 1 heterocycles. The maximum Gasteiger partial charge on any atom is 0.160 e. The Bertz CT molecular complexity index is 628. The molecule has 0 radical (unpaired) electrons. The number of aromatic nitrogens is 2. The van der Waals surface area contributed by atoms with Crippen LogP contribution in [-0.4, -0.2) is 22.4 Å². The summed E-state index contributed by atoms with van der Waals surface area (Å²) >= 11 is 0. The van der Waals surface area contributed by atoms with E-state index in [-0.39, 0.29) is 5.75 Å². The predicted molar refractivity (Wildman–Crippen MR) is 84.8 cm³/mol. The van der Waals surface area contributed by atoms with E-state index in [0.29, 0.717) is 6.54 Å². The molecule has 0 saturated carbocycles. The molecule has 0 spiro atoms. The summed E-state index contributed by atoms with van der Waals surface area (Å²) in [6, 6.07) is 7.06. The molecule has 112 valence electrons. The van der Waals surface area contributed by atoms with Gasteiger partial charge in [0.1, 0.15) is 5.75 Å². The van der Waals surface area contributed by atoms with E-state index in [1.54, 1.807) is 18.2 Å². The Labute approximate surface area is 125 Å². The lowest BCUT2D eigenvalue weighted by Crippen LogP contribution is -2.19. The zero-order valence-corrected chi connectivity index (χ0v) is 12.8. The van der Waals surface area contributed by atoms with Crippen LogP contribution < -0.4 is 10.6 Å². The normalized spacial score (nSPS) is 10.7. The number of anilines is 2. The predicted octanol–water partition coefficient (Wildman–Crippen LogP) is 2.53. The van der Waals surface area contributed by atoms with Crippen molar-refractivity contribution >= 4 is 11.5 Å². The van der Waals surface area contributed by atoms with Crippen molar-refractivity contribution in [3.63, 3.8) is 0 Å². The first-order chi connectivity index (χ1) is 10.1. The third-order valence-corrected chi connectivity index (χ3v) is 3.68. The Hall–Kier alpha value is -2.14. The second-order valence-electron chi connectivity index (χ2n) is 4.92. The smallest absolute Gasteiger partial charge is 0.160 e. The first kappa shape index (κ1) is 15.3. The maximum absolute atomic E-state index is 9.63. The largest absolute Gasteiger partial charge is 0.508 e. The Balaban J connectivity index is 2.53. The number of phenolic OH excluding ortho intramolecular Hbond substituents is 1. The SMILES string of the molecule is CCc1nnc(N(C)c2cccc(O)c2)c(CN)c1CC.